The topological polar surface area (TPSA) is 40.5 Å². The van der Waals surface area contributed by atoms with E-state index < -0.39 is 11.2 Å². The molecule has 0 aliphatic heterocycles. The van der Waals surface area contributed by atoms with Gasteiger partial charge in [0, 0.05) is 0 Å². The Kier molecular flexibility index (Phi) is 1.38. The molecular formula is C9H14O2. The number of hydrogen-bond donors (Lipinski definition) is 2. The number of hydrogen-bond acceptors (Lipinski definition) is 2. The third kappa shape index (κ3) is 0.861. The molecule has 2 rings (SSSR count). The molecule has 2 aliphatic carbocycles. The molecule has 0 spiro atoms. The Morgan fingerprint density at radius 3 is 1.82 bits per heavy atom. The highest BCUT2D eigenvalue weighted by Crippen LogP contribution is 2.46. The summed E-state index contributed by atoms with van der Waals surface area (Å²) in [4.78, 5) is 0. The smallest absolute Gasteiger partial charge is 0.0970 e. The van der Waals surface area contributed by atoms with Gasteiger partial charge < -0.3 is 10.2 Å². The van der Waals surface area contributed by atoms with Gasteiger partial charge in [0.25, 0.3) is 0 Å². The molecule has 0 radical (unpaired) electrons. The van der Waals surface area contributed by atoms with Gasteiger partial charge in [0.1, 0.15) is 0 Å². The summed E-state index contributed by atoms with van der Waals surface area (Å²) in [7, 11) is 0. The van der Waals surface area contributed by atoms with Crippen molar-refractivity contribution in [3.05, 3.63) is 12.2 Å². The minimum Gasteiger partial charge on any atom is -0.387 e. The van der Waals surface area contributed by atoms with Gasteiger partial charge in [-0.1, -0.05) is 12.2 Å². The largest absolute Gasteiger partial charge is 0.387 e. The Balaban J connectivity index is 2.32. The van der Waals surface area contributed by atoms with Crippen molar-refractivity contribution in [2.75, 3.05) is 0 Å². The van der Waals surface area contributed by atoms with Crippen molar-refractivity contribution in [1.29, 1.82) is 0 Å². The van der Waals surface area contributed by atoms with E-state index in [0.717, 1.165) is 19.3 Å². The maximum absolute atomic E-state index is 9.97. The Morgan fingerprint density at radius 2 is 1.36 bits per heavy atom. The normalized spacial score (nSPS) is 49.3. The molecule has 2 N–H and O–H groups in total. The lowest BCUT2D eigenvalue weighted by Gasteiger charge is -2.39. The molecule has 0 aromatic rings. The average molecular weight is 154 g/mol. The second-order valence-corrected chi connectivity index (χ2v) is 3.80. The Bertz CT molecular complexity index is 180. The molecule has 2 nitrogen and oxygen atoms in total. The summed E-state index contributed by atoms with van der Waals surface area (Å²) >= 11 is 0. The molecule has 0 aromatic heterocycles. The number of rotatable bonds is 0. The fourth-order valence-corrected chi connectivity index (χ4v) is 2.28. The molecule has 11 heavy (non-hydrogen) atoms. The number of aliphatic hydroxyl groups is 2. The van der Waals surface area contributed by atoms with Gasteiger partial charge in [0.2, 0.25) is 0 Å². The highest BCUT2D eigenvalue weighted by Gasteiger charge is 2.52. The lowest BCUT2D eigenvalue weighted by atomic mass is 9.77. The average Bonchev–Trinajstić information content (AvgIpc) is 2.25. The molecule has 0 aromatic carbocycles. The molecular weight excluding hydrogens is 140 g/mol. The predicted octanol–water partition coefficient (Wildman–Crippen LogP) is 0.982. The molecule has 1 fully saturated rings. The first kappa shape index (κ1) is 7.32. The van der Waals surface area contributed by atoms with Crippen molar-refractivity contribution < 1.29 is 10.2 Å². The summed E-state index contributed by atoms with van der Waals surface area (Å²) in [5, 5.41) is 19.9. The summed E-state index contributed by atoms with van der Waals surface area (Å²) in [5.74, 6) is 0. The SMILES string of the molecule is O[C@]12CC=CC[C@]1(O)CCC2. The highest BCUT2D eigenvalue weighted by molar-refractivity contribution is 5.15. The van der Waals surface area contributed by atoms with Crippen LogP contribution in [0.15, 0.2) is 12.2 Å². The second kappa shape index (κ2) is 2.08. The molecule has 0 saturated heterocycles. The molecule has 2 atom stereocenters. The van der Waals surface area contributed by atoms with Crippen LogP contribution in [0, 0.1) is 0 Å². The van der Waals surface area contributed by atoms with Crippen molar-refractivity contribution >= 4 is 0 Å². The van der Waals surface area contributed by atoms with Crippen LogP contribution in [0.3, 0.4) is 0 Å². The van der Waals surface area contributed by atoms with Crippen molar-refractivity contribution in [1.82, 2.24) is 0 Å². The summed E-state index contributed by atoms with van der Waals surface area (Å²) in [6.45, 7) is 0. The summed E-state index contributed by atoms with van der Waals surface area (Å²) < 4.78 is 0. The number of fused-ring (bicyclic) bond motifs is 1. The van der Waals surface area contributed by atoms with Gasteiger partial charge in [-0.25, -0.2) is 0 Å². The van der Waals surface area contributed by atoms with Gasteiger partial charge in [-0.3, -0.25) is 0 Å². The van der Waals surface area contributed by atoms with Crippen LogP contribution in [0.4, 0.5) is 0 Å². The molecule has 0 unspecified atom stereocenters. The van der Waals surface area contributed by atoms with Crippen LogP contribution in [-0.2, 0) is 0 Å². The van der Waals surface area contributed by atoms with Crippen LogP contribution < -0.4 is 0 Å². The molecule has 2 aliphatic rings. The van der Waals surface area contributed by atoms with E-state index in [0.29, 0.717) is 12.8 Å². The predicted molar refractivity (Wildman–Crippen MR) is 42.1 cm³/mol. The maximum Gasteiger partial charge on any atom is 0.0970 e. The van der Waals surface area contributed by atoms with Crippen molar-refractivity contribution in [2.45, 2.75) is 43.3 Å². The van der Waals surface area contributed by atoms with E-state index in [9.17, 15) is 10.2 Å². The monoisotopic (exact) mass is 154 g/mol. The zero-order valence-corrected chi connectivity index (χ0v) is 6.58. The lowest BCUT2D eigenvalue weighted by molar-refractivity contribution is -0.130. The van der Waals surface area contributed by atoms with Crippen LogP contribution in [0.5, 0.6) is 0 Å². The zero-order valence-electron chi connectivity index (χ0n) is 6.58. The molecule has 2 heteroatoms. The highest BCUT2D eigenvalue weighted by atomic mass is 16.4. The summed E-state index contributed by atoms with van der Waals surface area (Å²) in [5.41, 5.74) is -1.61. The Hall–Kier alpha value is -0.340. The molecule has 0 amide bonds. The van der Waals surface area contributed by atoms with Gasteiger partial charge in [-0.15, -0.1) is 0 Å². The van der Waals surface area contributed by atoms with Gasteiger partial charge in [-0.2, -0.15) is 0 Å². The molecule has 62 valence electrons. The van der Waals surface area contributed by atoms with E-state index in [1.807, 2.05) is 12.2 Å². The standard InChI is InChI=1S/C9H14O2/c10-8-4-1-2-5-9(8,11)7-3-6-8/h1-2,10-11H,3-7H2/t8-,9-/m0/s1. The van der Waals surface area contributed by atoms with E-state index >= 15 is 0 Å². The summed E-state index contributed by atoms with van der Waals surface area (Å²) in [6, 6.07) is 0. The fourth-order valence-electron chi connectivity index (χ4n) is 2.28. The minimum absolute atomic E-state index is 0.628. The van der Waals surface area contributed by atoms with E-state index in [4.69, 9.17) is 0 Å². The maximum atomic E-state index is 9.97. The van der Waals surface area contributed by atoms with Gasteiger partial charge in [-0.05, 0) is 32.1 Å². The van der Waals surface area contributed by atoms with E-state index in [-0.39, 0.29) is 0 Å². The third-order valence-corrected chi connectivity index (χ3v) is 3.12. The quantitative estimate of drug-likeness (QED) is 0.511. The third-order valence-electron chi connectivity index (χ3n) is 3.12. The van der Waals surface area contributed by atoms with Crippen molar-refractivity contribution in [3.63, 3.8) is 0 Å². The van der Waals surface area contributed by atoms with Crippen LogP contribution in [0.2, 0.25) is 0 Å². The first-order chi connectivity index (χ1) is 5.16. The van der Waals surface area contributed by atoms with Gasteiger partial charge >= 0.3 is 0 Å². The lowest BCUT2D eigenvalue weighted by Crippen LogP contribution is -2.50. The first-order valence-electron chi connectivity index (χ1n) is 4.26. The zero-order chi connectivity index (χ0) is 7.95. The Labute approximate surface area is 66.5 Å². The van der Waals surface area contributed by atoms with Gasteiger partial charge in [0.15, 0.2) is 0 Å². The van der Waals surface area contributed by atoms with E-state index in [2.05, 4.69) is 0 Å². The van der Waals surface area contributed by atoms with E-state index in [1.165, 1.54) is 0 Å². The Morgan fingerprint density at radius 1 is 0.909 bits per heavy atom. The van der Waals surface area contributed by atoms with Crippen LogP contribution >= 0.6 is 0 Å². The first-order valence-corrected chi connectivity index (χ1v) is 4.26. The van der Waals surface area contributed by atoms with Crippen molar-refractivity contribution in [3.8, 4) is 0 Å². The van der Waals surface area contributed by atoms with Crippen LogP contribution in [0.25, 0.3) is 0 Å². The summed E-state index contributed by atoms with van der Waals surface area (Å²) in [6.07, 6.45) is 7.67. The van der Waals surface area contributed by atoms with Crippen molar-refractivity contribution in [2.24, 2.45) is 0 Å². The minimum atomic E-state index is -0.804. The second-order valence-electron chi connectivity index (χ2n) is 3.80. The van der Waals surface area contributed by atoms with Gasteiger partial charge in [0.05, 0.1) is 11.2 Å². The molecule has 1 saturated carbocycles. The van der Waals surface area contributed by atoms with Crippen LogP contribution in [-0.4, -0.2) is 21.4 Å². The van der Waals surface area contributed by atoms with Crippen LogP contribution in [0.1, 0.15) is 32.1 Å². The van der Waals surface area contributed by atoms with E-state index in [1.54, 1.807) is 0 Å². The molecule has 0 heterocycles. The molecule has 0 bridgehead atoms. The fraction of sp³-hybridized carbons (Fsp3) is 0.778.